The topological polar surface area (TPSA) is 32.3 Å². The van der Waals surface area contributed by atoms with Gasteiger partial charge in [0, 0.05) is 30.2 Å². The standard InChI is InChI=1S/C20H24N2OS/c1-2-22(17-10-4-3-5-11-17)14-8-13-21-20(23)19-15-16-9-6-7-12-18(16)24-19/h3-7,9-12,19H,2,8,13-15H2,1H3,(H,21,23)/t19-/m1/s1. The average molecular weight is 340 g/mol. The van der Waals surface area contributed by atoms with Crippen LogP contribution in [0, 0.1) is 0 Å². The van der Waals surface area contributed by atoms with E-state index in [0.717, 1.165) is 32.5 Å². The van der Waals surface area contributed by atoms with Gasteiger partial charge in [-0.2, -0.15) is 0 Å². The normalized spacial score (nSPS) is 15.8. The molecule has 1 heterocycles. The molecule has 1 N–H and O–H groups in total. The molecule has 0 aliphatic carbocycles. The molecular formula is C20H24N2OS. The first-order valence-electron chi connectivity index (χ1n) is 8.60. The van der Waals surface area contributed by atoms with Crippen LogP contribution in [0.5, 0.6) is 0 Å². The smallest absolute Gasteiger partial charge is 0.233 e. The van der Waals surface area contributed by atoms with E-state index in [9.17, 15) is 4.79 Å². The molecule has 0 unspecified atom stereocenters. The number of carbonyl (C=O) groups excluding carboxylic acids is 1. The highest BCUT2D eigenvalue weighted by molar-refractivity contribution is 8.01. The van der Waals surface area contributed by atoms with Gasteiger partial charge in [-0.1, -0.05) is 36.4 Å². The number of para-hydroxylation sites is 1. The number of fused-ring (bicyclic) bond motifs is 1. The first-order valence-corrected chi connectivity index (χ1v) is 9.48. The maximum Gasteiger partial charge on any atom is 0.233 e. The molecule has 0 bridgehead atoms. The van der Waals surface area contributed by atoms with Gasteiger partial charge in [-0.3, -0.25) is 4.79 Å². The molecular weight excluding hydrogens is 316 g/mol. The summed E-state index contributed by atoms with van der Waals surface area (Å²) in [5.41, 5.74) is 2.54. The van der Waals surface area contributed by atoms with Gasteiger partial charge in [0.1, 0.15) is 0 Å². The van der Waals surface area contributed by atoms with E-state index in [-0.39, 0.29) is 11.2 Å². The number of hydrogen-bond donors (Lipinski definition) is 1. The zero-order valence-corrected chi connectivity index (χ0v) is 14.9. The molecule has 1 aliphatic heterocycles. The van der Waals surface area contributed by atoms with Crippen molar-refractivity contribution in [2.24, 2.45) is 0 Å². The number of rotatable bonds is 7. The van der Waals surface area contributed by atoms with Crippen LogP contribution in [0.15, 0.2) is 59.5 Å². The maximum atomic E-state index is 12.4. The van der Waals surface area contributed by atoms with Gasteiger partial charge in [0.15, 0.2) is 0 Å². The van der Waals surface area contributed by atoms with E-state index >= 15 is 0 Å². The van der Waals surface area contributed by atoms with E-state index in [2.05, 4.69) is 53.5 Å². The molecule has 3 nitrogen and oxygen atoms in total. The Morgan fingerprint density at radius 3 is 2.67 bits per heavy atom. The number of thioether (sulfide) groups is 1. The SMILES string of the molecule is CCN(CCCNC(=O)[C@H]1Cc2ccccc2S1)c1ccccc1. The van der Waals surface area contributed by atoms with Crippen LogP contribution in [-0.2, 0) is 11.2 Å². The third-order valence-corrected chi connectivity index (χ3v) is 5.66. The quantitative estimate of drug-likeness (QED) is 0.780. The summed E-state index contributed by atoms with van der Waals surface area (Å²) >= 11 is 1.69. The first-order chi connectivity index (χ1) is 11.8. The Balaban J connectivity index is 1.41. The van der Waals surface area contributed by atoms with Crippen LogP contribution in [0.2, 0.25) is 0 Å². The number of nitrogens with one attached hydrogen (secondary N) is 1. The largest absolute Gasteiger partial charge is 0.372 e. The molecule has 0 spiro atoms. The van der Waals surface area contributed by atoms with Gasteiger partial charge in [0.2, 0.25) is 5.91 Å². The minimum absolute atomic E-state index is 0.0267. The molecule has 24 heavy (non-hydrogen) atoms. The van der Waals surface area contributed by atoms with Crippen molar-refractivity contribution in [1.29, 1.82) is 0 Å². The summed E-state index contributed by atoms with van der Waals surface area (Å²) in [6.45, 7) is 4.83. The molecule has 4 heteroatoms. The molecule has 2 aromatic rings. The highest BCUT2D eigenvalue weighted by atomic mass is 32.2. The van der Waals surface area contributed by atoms with E-state index < -0.39 is 0 Å². The Morgan fingerprint density at radius 2 is 1.92 bits per heavy atom. The zero-order valence-electron chi connectivity index (χ0n) is 14.1. The highest BCUT2D eigenvalue weighted by Gasteiger charge is 2.27. The summed E-state index contributed by atoms with van der Waals surface area (Å²) in [6, 6.07) is 18.7. The average Bonchev–Trinajstić information content (AvgIpc) is 3.06. The Morgan fingerprint density at radius 1 is 1.17 bits per heavy atom. The molecule has 1 aliphatic rings. The highest BCUT2D eigenvalue weighted by Crippen LogP contribution is 2.36. The van der Waals surface area contributed by atoms with E-state index in [1.54, 1.807) is 11.8 Å². The predicted molar refractivity (Wildman–Crippen MR) is 102 cm³/mol. The lowest BCUT2D eigenvalue weighted by Crippen LogP contribution is -2.35. The molecule has 1 atom stereocenters. The van der Waals surface area contributed by atoms with E-state index in [1.807, 2.05) is 18.2 Å². The van der Waals surface area contributed by atoms with Crippen LogP contribution in [0.25, 0.3) is 0 Å². The van der Waals surface area contributed by atoms with Crippen molar-refractivity contribution in [1.82, 2.24) is 5.32 Å². The summed E-state index contributed by atoms with van der Waals surface area (Å²) in [5.74, 6) is 0.166. The van der Waals surface area contributed by atoms with Crippen LogP contribution in [0.3, 0.4) is 0 Å². The first kappa shape index (κ1) is 16.9. The second-order valence-electron chi connectivity index (χ2n) is 5.98. The van der Waals surface area contributed by atoms with Crippen molar-refractivity contribution in [2.75, 3.05) is 24.5 Å². The summed E-state index contributed by atoms with van der Waals surface area (Å²) in [4.78, 5) is 15.9. The van der Waals surface area contributed by atoms with Crippen molar-refractivity contribution in [3.8, 4) is 0 Å². The van der Waals surface area contributed by atoms with Gasteiger partial charge in [-0.05, 0) is 43.5 Å². The minimum atomic E-state index is 0.0267. The Labute approximate surface area is 148 Å². The van der Waals surface area contributed by atoms with Crippen molar-refractivity contribution < 1.29 is 4.79 Å². The zero-order chi connectivity index (χ0) is 16.8. The van der Waals surface area contributed by atoms with Gasteiger partial charge < -0.3 is 10.2 Å². The summed E-state index contributed by atoms with van der Waals surface area (Å²) < 4.78 is 0. The van der Waals surface area contributed by atoms with E-state index in [0.29, 0.717) is 0 Å². The molecule has 1 amide bonds. The third-order valence-electron chi connectivity index (χ3n) is 4.35. The van der Waals surface area contributed by atoms with Crippen LogP contribution in [-0.4, -0.2) is 30.8 Å². The predicted octanol–water partition coefficient (Wildman–Crippen LogP) is 3.74. The van der Waals surface area contributed by atoms with E-state index in [1.165, 1.54) is 16.1 Å². The van der Waals surface area contributed by atoms with Crippen LogP contribution in [0.1, 0.15) is 18.9 Å². The fourth-order valence-corrected chi connectivity index (χ4v) is 4.25. The number of nitrogens with zero attached hydrogens (tertiary/aromatic N) is 1. The fourth-order valence-electron chi connectivity index (χ4n) is 3.03. The fraction of sp³-hybridized carbons (Fsp3) is 0.350. The third kappa shape index (κ3) is 4.12. The molecule has 0 fully saturated rings. The van der Waals surface area contributed by atoms with Crippen molar-refractivity contribution in [3.05, 3.63) is 60.2 Å². The van der Waals surface area contributed by atoms with Gasteiger partial charge in [-0.15, -0.1) is 11.8 Å². The lowest BCUT2D eigenvalue weighted by molar-refractivity contribution is -0.120. The Kier molecular flexibility index (Phi) is 5.81. The number of anilines is 1. The van der Waals surface area contributed by atoms with Crippen LogP contribution >= 0.6 is 11.8 Å². The van der Waals surface area contributed by atoms with Crippen molar-refractivity contribution in [2.45, 2.75) is 29.9 Å². The number of amides is 1. The number of carbonyl (C=O) groups is 1. The summed E-state index contributed by atoms with van der Waals surface area (Å²) in [5, 5.41) is 3.13. The molecule has 0 aromatic heterocycles. The van der Waals surface area contributed by atoms with Crippen LogP contribution < -0.4 is 10.2 Å². The Hall–Kier alpha value is -1.94. The van der Waals surface area contributed by atoms with Crippen molar-refractivity contribution >= 4 is 23.4 Å². The molecule has 2 aromatic carbocycles. The van der Waals surface area contributed by atoms with Gasteiger partial charge in [0.25, 0.3) is 0 Å². The molecule has 0 radical (unpaired) electrons. The number of benzene rings is 2. The minimum Gasteiger partial charge on any atom is -0.372 e. The summed E-state index contributed by atoms with van der Waals surface area (Å²) in [6.07, 6.45) is 1.80. The molecule has 0 saturated heterocycles. The lowest BCUT2D eigenvalue weighted by atomic mass is 10.1. The van der Waals surface area contributed by atoms with Gasteiger partial charge in [0.05, 0.1) is 5.25 Å². The Bertz CT molecular complexity index is 649. The van der Waals surface area contributed by atoms with Gasteiger partial charge >= 0.3 is 0 Å². The van der Waals surface area contributed by atoms with Crippen molar-refractivity contribution in [3.63, 3.8) is 0 Å². The maximum absolute atomic E-state index is 12.4. The number of hydrogen-bond acceptors (Lipinski definition) is 3. The monoisotopic (exact) mass is 340 g/mol. The van der Waals surface area contributed by atoms with Gasteiger partial charge in [-0.25, -0.2) is 0 Å². The second-order valence-corrected chi connectivity index (χ2v) is 7.22. The molecule has 3 rings (SSSR count). The lowest BCUT2D eigenvalue weighted by Gasteiger charge is -2.23. The van der Waals surface area contributed by atoms with Crippen LogP contribution in [0.4, 0.5) is 5.69 Å². The summed E-state index contributed by atoms with van der Waals surface area (Å²) in [7, 11) is 0. The molecule has 0 saturated carbocycles. The second kappa shape index (κ2) is 8.25. The van der Waals surface area contributed by atoms with E-state index in [4.69, 9.17) is 0 Å². The molecule has 126 valence electrons.